The second-order valence-corrected chi connectivity index (χ2v) is 3.59. The topological polar surface area (TPSA) is 66.9 Å². The van der Waals surface area contributed by atoms with Crippen LogP contribution in [0.15, 0.2) is 18.2 Å². The monoisotopic (exact) mass is 186 g/mol. The van der Waals surface area contributed by atoms with E-state index in [4.69, 9.17) is 11.0 Å². The summed E-state index contributed by atoms with van der Waals surface area (Å²) in [5, 5.41) is 8.77. The molecule has 0 saturated heterocycles. The highest BCUT2D eigenvalue weighted by atomic mass is 16.1. The Bertz CT molecular complexity index is 427. The third-order valence-corrected chi connectivity index (χ3v) is 2.42. The van der Waals surface area contributed by atoms with Crippen LogP contribution >= 0.6 is 0 Å². The molecule has 1 amide bonds. The van der Waals surface area contributed by atoms with E-state index in [2.05, 4.69) is 0 Å². The fraction of sp³-hybridized carbons (Fsp3) is 0.273. The average molecular weight is 186 g/mol. The lowest BCUT2D eigenvalue weighted by Crippen LogP contribution is -2.11. The standard InChI is InChI=1S/C11H10N2O/c12-6-7-3-9(8-1-2-8)5-10(4-7)11(13)14/h3-5,8H,1-2H2,(H2,13,14). The lowest BCUT2D eigenvalue weighted by atomic mass is 10.0. The van der Waals surface area contributed by atoms with E-state index in [9.17, 15) is 4.79 Å². The van der Waals surface area contributed by atoms with Crippen molar-refractivity contribution in [2.24, 2.45) is 5.73 Å². The van der Waals surface area contributed by atoms with Crippen LogP contribution in [0.2, 0.25) is 0 Å². The van der Waals surface area contributed by atoms with Gasteiger partial charge in [-0.2, -0.15) is 5.26 Å². The molecule has 70 valence electrons. The lowest BCUT2D eigenvalue weighted by molar-refractivity contribution is 0.1000. The molecule has 3 heteroatoms. The summed E-state index contributed by atoms with van der Waals surface area (Å²) in [7, 11) is 0. The third-order valence-electron chi connectivity index (χ3n) is 2.42. The van der Waals surface area contributed by atoms with Gasteiger partial charge in [0.05, 0.1) is 11.6 Å². The van der Waals surface area contributed by atoms with Gasteiger partial charge in [-0.3, -0.25) is 4.79 Å². The van der Waals surface area contributed by atoms with E-state index in [1.54, 1.807) is 6.07 Å². The minimum Gasteiger partial charge on any atom is -0.366 e. The Kier molecular flexibility index (Phi) is 1.97. The molecule has 14 heavy (non-hydrogen) atoms. The molecule has 2 rings (SSSR count). The molecule has 1 aromatic rings. The normalized spacial score (nSPS) is 14.8. The van der Waals surface area contributed by atoms with Crippen LogP contribution in [0.25, 0.3) is 0 Å². The zero-order valence-electron chi connectivity index (χ0n) is 7.66. The maximum absolute atomic E-state index is 11.0. The van der Waals surface area contributed by atoms with Gasteiger partial charge in [-0.15, -0.1) is 0 Å². The van der Waals surface area contributed by atoms with Crippen molar-refractivity contribution in [3.63, 3.8) is 0 Å². The Morgan fingerprint density at radius 1 is 1.43 bits per heavy atom. The number of primary amides is 1. The minimum atomic E-state index is -0.469. The smallest absolute Gasteiger partial charge is 0.248 e. The molecule has 3 nitrogen and oxygen atoms in total. The molecule has 1 aromatic carbocycles. The Hall–Kier alpha value is -1.82. The van der Waals surface area contributed by atoms with E-state index < -0.39 is 5.91 Å². The summed E-state index contributed by atoms with van der Waals surface area (Å²) in [6, 6.07) is 7.20. The average Bonchev–Trinajstić information content (AvgIpc) is 3.00. The fourth-order valence-electron chi connectivity index (χ4n) is 1.51. The number of hydrogen-bond acceptors (Lipinski definition) is 2. The molecule has 0 aromatic heterocycles. The van der Waals surface area contributed by atoms with Gasteiger partial charge < -0.3 is 5.73 Å². The number of nitrogens with zero attached hydrogens (tertiary/aromatic N) is 1. The first-order valence-electron chi connectivity index (χ1n) is 4.55. The van der Waals surface area contributed by atoms with Crippen molar-refractivity contribution >= 4 is 5.91 Å². The first-order chi connectivity index (χ1) is 6.70. The van der Waals surface area contributed by atoms with Gasteiger partial charge >= 0.3 is 0 Å². The molecular formula is C11H10N2O. The first-order valence-corrected chi connectivity index (χ1v) is 4.55. The van der Waals surface area contributed by atoms with Crippen LogP contribution in [0.3, 0.4) is 0 Å². The largest absolute Gasteiger partial charge is 0.366 e. The summed E-state index contributed by atoms with van der Waals surface area (Å²) in [5.74, 6) is 0.0606. The van der Waals surface area contributed by atoms with E-state index in [1.165, 1.54) is 6.07 Å². The molecule has 1 aliphatic carbocycles. The maximum Gasteiger partial charge on any atom is 0.248 e. The predicted octanol–water partition coefficient (Wildman–Crippen LogP) is 1.53. The van der Waals surface area contributed by atoms with Crippen LogP contribution in [0.5, 0.6) is 0 Å². The molecular weight excluding hydrogens is 176 g/mol. The van der Waals surface area contributed by atoms with Gasteiger partial charge in [0, 0.05) is 5.56 Å². The van der Waals surface area contributed by atoms with Gasteiger partial charge in [0.15, 0.2) is 0 Å². The van der Waals surface area contributed by atoms with Crippen molar-refractivity contribution in [3.05, 3.63) is 34.9 Å². The third kappa shape index (κ3) is 1.60. The summed E-state index contributed by atoms with van der Waals surface area (Å²) in [6.45, 7) is 0. The highest BCUT2D eigenvalue weighted by molar-refractivity contribution is 5.93. The summed E-state index contributed by atoms with van der Waals surface area (Å²) in [4.78, 5) is 11.0. The van der Waals surface area contributed by atoms with E-state index in [1.807, 2.05) is 12.1 Å². The van der Waals surface area contributed by atoms with Crippen molar-refractivity contribution in [3.8, 4) is 6.07 Å². The molecule has 0 heterocycles. The molecule has 0 bridgehead atoms. The van der Waals surface area contributed by atoms with Crippen LogP contribution in [-0.2, 0) is 0 Å². The predicted molar refractivity (Wildman–Crippen MR) is 51.6 cm³/mol. The molecule has 0 atom stereocenters. The number of amides is 1. The van der Waals surface area contributed by atoms with Gasteiger partial charge in [-0.05, 0) is 42.5 Å². The summed E-state index contributed by atoms with van der Waals surface area (Å²) >= 11 is 0. The van der Waals surface area contributed by atoms with E-state index in [0.717, 1.165) is 18.4 Å². The van der Waals surface area contributed by atoms with Gasteiger partial charge in [-0.25, -0.2) is 0 Å². The number of carbonyl (C=O) groups is 1. The van der Waals surface area contributed by atoms with Crippen LogP contribution in [-0.4, -0.2) is 5.91 Å². The summed E-state index contributed by atoms with van der Waals surface area (Å²) < 4.78 is 0. The molecule has 0 aliphatic heterocycles. The van der Waals surface area contributed by atoms with Crippen LogP contribution in [0.4, 0.5) is 0 Å². The van der Waals surface area contributed by atoms with Gasteiger partial charge in [-0.1, -0.05) is 0 Å². The zero-order valence-corrected chi connectivity index (χ0v) is 7.66. The number of rotatable bonds is 2. The Morgan fingerprint density at radius 2 is 2.14 bits per heavy atom. The summed E-state index contributed by atoms with van der Waals surface area (Å²) in [6.07, 6.45) is 2.29. The lowest BCUT2D eigenvalue weighted by Gasteiger charge is -2.02. The Balaban J connectivity index is 2.47. The molecule has 0 unspecified atom stereocenters. The Labute approximate surface area is 82.1 Å². The zero-order chi connectivity index (χ0) is 10.1. The van der Waals surface area contributed by atoms with Crippen molar-refractivity contribution in [2.75, 3.05) is 0 Å². The van der Waals surface area contributed by atoms with Crippen LogP contribution < -0.4 is 5.73 Å². The highest BCUT2D eigenvalue weighted by Gasteiger charge is 2.24. The van der Waals surface area contributed by atoms with Crippen LogP contribution in [0, 0.1) is 11.3 Å². The number of carbonyl (C=O) groups excluding carboxylic acids is 1. The van der Waals surface area contributed by atoms with Crippen molar-refractivity contribution < 1.29 is 4.79 Å². The summed E-state index contributed by atoms with van der Waals surface area (Å²) in [5.41, 5.74) is 7.20. The molecule has 2 N–H and O–H groups in total. The molecule has 0 spiro atoms. The van der Waals surface area contributed by atoms with E-state index in [0.29, 0.717) is 17.0 Å². The Morgan fingerprint density at radius 3 is 2.64 bits per heavy atom. The van der Waals surface area contributed by atoms with Crippen molar-refractivity contribution in [2.45, 2.75) is 18.8 Å². The second-order valence-electron chi connectivity index (χ2n) is 3.59. The molecule has 1 fully saturated rings. The van der Waals surface area contributed by atoms with Gasteiger partial charge in [0.25, 0.3) is 0 Å². The van der Waals surface area contributed by atoms with Crippen molar-refractivity contribution in [1.29, 1.82) is 5.26 Å². The molecule has 0 radical (unpaired) electrons. The second kappa shape index (κ2) is 3.15. The quantitative estimate of drug-likeness (QED) is 0.761. The number of nitriles is 1. The number of nitrogens with two attached hydrogens (primary N) is 1. The SMILES string of the molecule is N#Cc1cc(C(N)=O)cc(C2CC2)c1. The van der Waals surface area contributed by atoms with E-state index >= 15 is 0 Å². The van der Waals surface area contributed by atoms with Gasteiger partial charge in [0.1, 0.15) is 0 Å². The molecule has 1 aliphatic rings. The maximum atomic E-state index is 11.0. The van der Waals surface area contributed by atoms with E-state index in [-0.39, 0.29) is 0 Å². The highest BCUT2D eigenvalue weighted by Crippen LogP contribution is 2.40. The van der Waals surface area contributed by atoms with Crippen LogP contribution in [0.1, 0.15) is 40.2 Å². The number of hydrogen-bond donors (Lipinski definition) is 1. The minimum absolute atomic E-state index is 0.436. The van der Waals surface area contributed by atoms with Crippen molar-refractivity contribution in [1.82, 2.24) is 0 Å². The van der Waals surface area contributed by atoms with Gasteiger partial charge in [0.2, 0.25) is 5.91 Å². The molecule has 1 saturated carbocycles. The number of benzene rings is 1. The fourth-order valence-corrected chi connectivity index (χ4v) is 1.51. The first kappa shape index (κ1) is 8.76.